The van der Waals surface area contributed by atoms with Crippen molar-refractivity contribution >= 4 is 11.8 Å². The molecule has 2 aromatic carbocycles. The lowest BCUT2D eigenvalue weighted by Gasteiger charge is -2.38. The zero-order chi connectivity index (χ0) is 26.8. The minimum Gasteiger partial charge on any atom is -0.484 e. The van der Waals surface area contributed by atoms with Crippen LogP contribution in [0.1, 0.15) is 63.1 Å². The quantitative estimate of drug-likeness (QED) is 0.358. The molecule has 1 saturated carbocycles. The Morgan fingerprint density at radius 2 is 2.03 bits per heavy atom. The van der Waals surface area contributed by atoms with Crippen LogP contribution in [0.2, 0.25) is 0 Å². The number of hydrogen-bond acceptors (Lipinski definition) is 6. The third-order valence-corrected chi connectivity index (χ3v) is 7.24. The highest BCUT2D eigenvalue weighted by Crippen LogP contribution is 2.41. The van der Waals surface area contributed by atoms with Crippen LogP contribution >= 0.6 is 0 Å². The normalized spacial score (nSPS) is 16.4. The number of ether oxygens (including phenoxy) is 1. The molecule has 4 aromatic rings. The van der Waals surface area contributed by atoms with E-state index in [2.05, 4.69) is 46.5 Å². The lowest BCUT2D eigenvalue weighted by atomic mass is 9.87. The van der Waals surface area contributed by atoms with Gasteiger partial charge in [0.15, 0.2) is 12.3 Å². The van der Waals surface area contributed by atoms with Crippen LogP contribution in [0.5, 0.6) is 5.75 Å². The van der Waals surface area contributed by atoms with Crippen LogP contribution in [0.4, 0.5) is 0 Å². The molecule has 3 heterocycles. The van der Waals surface area contributed by atoms with Crippen molar-refractivity contribution in [2.75, 3.05) is 6.54 Å². The van der Waals surface area contributed by atoms with Gasteiger partial charge in [0.1, 0.15) is 12.0 Å². The summed E-state index contributed by atoms with van der Waals surface area (Å²) >= 11 is 0. The molecule has 8 nitrogen and oxygen atoms in total. The Labute approximate surface area is 227 Å². The van der Waals surface area contributed by atoms with Gasteiger partial charge in [-0.05, 0) is 66.6 Å². The number of aromatic nitrogens is 2. The van der Waals surface area contributed by atoms with Gasteiger partial charge in [0.05, 0.1) is 6.04 Å². The summed E-state index contributed by atoms with van der Waals surface area (Å²) in [6.07, 6.45) is 7.49. The van der Waals surface area contributed by atoms with Crippen molar-refractivity contribution in [1.82, 2.24) is 20.2 Å². The lowest BCUT2D eigenvalue weighted by molar-refractivity contribution is -0.134. The Bertz CT molecular complexity index is 1500. The molecule has 0 bridgehead atoms. The molecule has 6 rings (SSSR count). The smallest absolute Gasteiger partial charge is 0.273 e. The number of pyridine rings is 1. The van der Waals surface area contributed by atoms with Gasteiger partial charge in [-0.2, -0.15) is 0 Å². The summed E-state index contributed by atoms with van der Waals surface area (Å²) in [6.45, 7) is 3.21. The second-order valence-corrected chi connectivity index (χ2v) is 10.2. The van der Waals surface area contributed by atoms with Gasteiger partial charge in [-0.15, -0.1) is 0 Å². The number of fused-ring (bicyclic) bond motifs is 1. The molecule has 1 aliphatic heterocycles. The third kappa shape index (κ3) is 5.55. The predicted octanol–water partition coefficient (Wildman–Crippen LogP) is 4.77. The number of aryl methyl sites for hydroxylation is 1. The fraction of sp³-hybridized carbons (Fsp3) is 0.290. The Morgan fingerprint density at radius 3 is 2.82 bits per heavy atom. The third-order valence-electron chi connectivity index (χ3n) is 7.24. The molecule has 0 unspecified atom stereocenters. The van der Waals surface area contributed by atoms with Crippen LogP contribution < -0.4 is 10.1 Å². The highest BCUT2D eigenvalue weighted by Gasteiger charge is 2.39. The Kier molecular flexibility index (Phi) is 6.84. The molecule has 0 spiro atoms. The Morgan fingerprint density at radius 1 is 1.13 bits per heavy atom. The van der Waals surface area contributed by atoms with Crippen molar-refractivity contribution in [3.63, 3.8) is 0 Å². The van der Waals surface area contributed by atoms with E-state index in [1.807, 2.05) is 35.2 Å². The lowest BCUT2D eigenvalue weighted by Crippen LogP contribution is -2.41. The van der Waals surface area contributed by atoms with Crippen LogP contribution in [-0.2, 0) is 24.4 Å². The van der Waals surface area contributed by atoms with Crippen molar-refractivity contribution in [3.8, 4) is 5.75 Å². The van der Waals surface area contributed by atoms with Crippen molar-refractivity contribution in [1.29, 1.82) is 0 Å². The maximum absolute atomic E-state index is 13.3. The number of nitrogens with one attached hydrogen (secondary N) is 1. The van der Waals surface area contributed by atoms with E-state index in [9.17, 15) is 9.59 Å². The monoisotopic (exact) mass is 522 g/mol. The molecular weight excluding hydrogens is 492 g/mol. The first kappa shape index (κ1) is 24.9. The van der Waals surface area contributed by atoms with E-state index < -0.39 is 0 Å². The first-order valence-electron chi connectivity index (χ1n) is 13.3. The summed E-state index contributed by atoms with van der Waals surface area (Å²) in [7, 11) is 0. The Balaban J connectivity index is 1.17. The van der Waals surface area contributed by atoms with Crippen LogP contribution in [0.3, 0.4) is 0 Å². The highest BCUT2D eigenvalue weighted by molar-refractivity contribution is 5.91. The molecule has 198 valence electrons. The van der Waals surface area contributed by atoms with Gasteiger partial charge < -0.3 is 19.4 Å². The summed E-state index contributed by atoms with van der Waals surface area (Å²) in [5.74, 6) is 1.03. The zero-order valence-corrected chi connectivity index (χ0v) is 21.8. The van der Waals surface area contributed by atoms with Crippen molar-refractivity contribution in [2.24, 2.45) is 5.92 Å². The summed E-state index contributed by atoms with van der Waals surface area (Å²) in [6, 6.07) is 18.0. The topological polar surface area (TPSA) is 97.6 Å². The maximum atomic E-state index is 13.3. The SMILES string of the molecule is Cc1cccc([C@@H]2c3cc(OCc4nc(C(=O)NCc5cccnc5)co4)ccc3CCN2C(=O)C2CC2)c1. The van der Waals surface area contributed by atoms with Gasteiger partial charge in [-0.3, -0.25) is 14.6 Å². The van der Waals surface area contributed by atoms with Gasteiger partial charge in [0, 0.05) is 31.4 Å². The maximum Gasteiger partial charge on any atom is 0.273 e. The van der Waals surface area contributed by atoms with Crippen molar-refractivity contribution in [2.45, 2.75) is 45.4 Å². The number of carbonyl (C=O) groups is 2. The van der Waals surface area contributed by atoms with Crippen LogP contribution in [0.15, 0.2) is 77.7 Å². The van der Waals surface area contributed by atoms with E-state index in [0.29, 0.717) is 24.7 Å². The molecule has 0 saturated heterocycles. The highest BCUT2D eigenvalue weighted by atomic mass is 16.5. The number of benzene rings is 2. The minimum atomic E-state index is -0.330. The Hall–Kier alpha value is -4.46. The molecule has 0 radical (unpaired) electrons. The van der Waals surface area contributed by atoms with E-state index in [4.69, 9.17) is 9.15 Å². The number of carbonyl (C=O) groups excluding carboxylic acids is 2. The summed E-state index contributed by atoms with van der Waals surface area (Å²) in [4.78, 5) is 36.1. The van der Waals surface area contributed by atoms with Gasteiger partial charge in [0.25, 0.3) is 5.91 Å². The molecule has 1 fully saturated rings. The molecule has 39 heavy (non-hydrogen) atoms. The molecular formula is C31H30N4O4. The number of nitrogens with zero attached hydrogens (tertiary/aromatic N) is 3. The zero-order valence-electron chi connectivity index (χ0n) is 21.8. The molecule has 1 aliphatic carbocycles. The predicted molar refractivity (Wildman–Crippen MR) is 144 cm³/mol. The summed E-state index contributed by atoms with van der Waals surface area (Å²) < 4.78 is 11.5. The second kappa shape index (κ2) is 10.7. The van der Waals surface area contributed by atoms with Gasteiger partial charge in [-0.25, -0.2) is 4.98 Å². The fourth-order valence-corrected chi connectivity index (χ4v) is 5.09. The van der Waals surface area contributed by atoms with E-state index in [-0.39, 0.29) is 36.1 Å². The fourth-order valence-electron chi connectivity index (χ4n) is 5.09. The number of amides is 2. The molecule has 1 atom stereocenters. The molecule has 2 amide bonds. The van der Waals surface area contributed by atoms with E-state index >= 15 is 0 Å². The van der Waals surface area contributed by atoms with Crippen molar-refractivity contribution in [3.05, 3.63) is 113 Å². The van der Waals surface area contributed by atoms with Gasteiger partial charge in [0.2, 0.25) is 11.8 Å². The largest absolute Gasteiger partial charge is 0.484 e. The number of oxazole rings is 1. The summed E-state index contributed by atoms with van der Waals surface area (Å²) in [5, 5.41) is 2.81. The van der Waals surface area contributed by atoms with Crippen LogP contribution in [-0.4, -0.2) is 33.2 Å². The van der Waals surface area contributed by atoms with Crippen LogP contribution in [0.25, 0.3) is 0 Å². The molecule has 2 aromatic heterocycles. The molecule has 8 heteroatoms. The average molecular weight is 523 g/mol. The minimum absolute atomic E-state index is 0.0779. The number of hydrogen-bond donors (Lipinski definition) is 1. The van der Waals surface area contributed by atoms with Gasteiger partial charge >= 0.3 is 0 Å². The molecule has 1 N–H and O–H groups in total. The average Bonchev–Trinajstić information content (AvgIpc) is 3.71. The molecule has 2 aliphatic rings. The van der Waals surface area contributed by atoms with E-state index in [0.717, 1.165) is 41.5 Å². The first-order valence-corrected chi connectivity index (χ1v) is 13.3. The standard InChI is InChI=1S/C31H30N4O4/c1-20-4-2-6-24(14-20)29-26-15-25(10-9-22(26)11-13-35(29)31(37)23-7-8-23)38-19-28-34-27(18-39-28)30(36)33-17-21-5-3-12-32-16-21/h2-6,9-10,12,14-16,18,23,29H,7-8,11,13,17,19H2,1H3,(H,33,36)/t29-/m1/s1. The van der Waals surface area contributed by atoms with E-state index in [1.165, 1.54) is 11.8 Å². The second-order valence-electron chi connectivity index (χ2n) is 10.2. The van der Waals surface area contributed by atoms with Gasteiger partial charge in [-0.1, -0.05) is 42.0 Å². The first-order chi connectivity index (χ1) is 19.0. The number of rotatable bonds is 8. The van der Waals surface area contributed by atoms with Crippen LogP contribution in [0, 0.1) is 12.8 Å². The van der Waals surface area contributed by atoms with E-state index in [1.54, 1.807) is 12.4 Å². The summed E-state index contributed by atoms with van der Waals surface area (Å²) in [5.41, 5.74) is 5.66. The van der Waals surface area contributed by atoms with Crippen molar-refractivity contribution < 1.29 is 18.7 Å².